The lowest BCUT2D eigenvalue weighted by Gasteiger charge is -2.38. The van der Waals surface area contributed by atoms with E-state index in [0.29, 0.717) is 6.04 Å². The summed E-state index contributed by atoms with van der Waals surface area (Å²) in [5.74, 6) is 0. The quantitative estimate of drug-likeness (QED) is 0.915. The Labute approximate surface area is 120 Å². The number of aromatic nitrogens is 1. The average Bonchev–Trinajstić information content (AvgIpc) is 2.48. The minimum Gasteiger partial charge on any atom is -0.382 e. The number of ether oxygens (including phenoxy) is 1. The first kappa shape index (κ1) is 13.4. The molecule has 2 aromatic rings. The van der Waals surface area contributed by atoms with Crippen LogP contribution in [-0.4, -0.2) is 23.2 Å². The molecule has 1 N–H and O–H groups in total. The smallest absolute Gasteiger partial charge is 0.0671 e. The SMILES string of the molecule is CCC1(C)CC(Nc2cccc3ccncc23)CCO1. The number of nitrogens with one attached hydrogen (secondary N) is 1. The normalized spacial score (nSPS) is 26.6. The van der Waals surface area contributed by atoms with Gasteiger partial charge in [-0.15, -0.1) is 0 Å². The van der Waals surface area contributed by atoms with Gasteiger partial charge in [0, 0.05) is 36.1 Å². The summed E-state index contributed by atoms with van der Waals surface area (Å²) in [6.07, 6.45) is 6.96. The van der Waals surface area contributed by atoms with Gasteiger partial charge in [0.25, 0.3) is 0 Å². The lowest BCUT2D eigenvalue weighted by molar-refractivity contribution is -0.0708. The molecular formula is C17H22N2O. The van der Waals surface area contributed by atoms with Crippen LogP contribution in [-0.2, 0) is 4.74 Å². The molecule has 106 valence electrons. The van der Waals surface area contributed by atoms with E-state index in [1.54, 1.807) is 0 Å². The topological polar surface area (TPSA) is 34.2 Å². The van der Waals surface area contributed by atoms with Gasteiger partial charge in [-0.2, -0.15) is 0 Å². The van der Waals surface area contributed by atoms with E-state index in [-0.39, 0.29) is 5.60 Å². The fraction of sp³-hybridized carbons (Fsp3) is 0.471. The minimum atomic E-state index is 0.0126. The maximum atomic E-state index is 5.92. The van der Waals surface area contributed by atoms with Crippen LogP contribution in [0.25, 0.3) is 10.8 Å². The van der Waals surface area contributed by atoms with Gasteiger partial charge in [0.15, 0.2) is 0 Å². The zero-order chi connectivity index (χ0) is 14.0. The lowest BCUT2D eigenvalue weighted by Crippen LogP contribution is -2.41. The van der Waals surface area contributed by atoms with E-state index in [4.69, 9.17) is 4.74 Å². The highest BCUT2D eigenvalue weighted by atomic mass is 16.5. The summed E-state index contributed by atoms with van der Waals surface area (Å²) in [4.78, 5) is 4.25. The second-order valence-corrected chi connectivity index (χ2v) is 5.89. The largest absolute Gasteiger partial charge is 0.382 e. The summed E-state index contributed by atoms with van der Waals surface area (Å²) in [6, 6.07) is 8.90. The van der Waals surface area contributed by atoms with E-state index in [2.05, 4.69) is 48.4 Å². The molecule has 1 aliphatic rings. The molecule has 2 heterocycles. The Morgan fingerprint density at radius 1 is 1.40 bits per heavy atom. The van der Waals surface area contributed by atoms with Gasteiger partial charge in [-0.3, -0.25) is 4.98 Å². The number of hydrogen-bond donors (Lipinski definition) is 1. The Morgan fingerprint density at radius 2 is 2.30 bits per heavy atom. The molecule has 0 spiro atoms. The van der Waals surface area contributed by atoms with Gasteiger partial charge >= 0.3 is 0 Å². The van der Waals surface area contributed by atoms with Crippen molar-refractivity contribution in [1.82, 2.24) is 4.98 Å². The first-order chi connectivity index (χ1) is 9.70. The average molecular weight is 270 g/mol. The van der Waals surface area contributed by atoms with Gasteiger partial charge in [0.1, 0.15) is 0 Å². The van der Waals surface area contributed by atoms with Crippen molar-refractivity contribution in [1.29, 1.82) is 0 Å². The van der Waals surface area contributed by atoms with E-state index >= 15 is 0 Å². The van der Waals surface area contributed by atoms with E-state index in [9.17, 15) is 0 Å². The molecule has 1 aromatic heterocycles. The van der Waals surface area contributed by atoms with Crippen molar-refractivity contribution in [3.63, 3.8) is 0 Å². The molecule has 0 bridgehead atoms. The van der Waals surface area contributed by atoms with Crippen LogP contribution in [0.3, 0.4) is 0 Å². The van der Waals surface area contributed by atoms with Crippen molar-refractivity contribution in [2.45, 2.75) is 44.8 Å². The van der Waals surface area contributed by atoms with Crippen LogP contribution in [0.4, 0.5) is 5.69 Å². The Hall–Kier alpha value is -1.61. The van der Waals surface area contributed by atoms with Crippen molar-refractivity contribution >= 4 is 16.5 Å². The molecule has 3 rings (SSSR count). The third kappa shape index (κ3) is 2.63. The van der Waals surface area contributed by atoms with Gasteiger partial charge < -0.3 is 10.1 Å². The number of benzene rings is 1. The zero-order valence-electron chi connectivity index (χ0n) is 12.2. The number of nitrogens with zero attached hydrogens (tertiary/aromatic N) is 1. The molecule has 1 aliphatic heterocycles. The van der Waals surface area contributed by atoms with Gasteiger partial charge in [0.05, 0.1) is 5.60 Å². The predicted molar refractivity (Wildman–Crippen MR) is 83.0 cm³/mol. The van der Waals surface area contributed by atoms with Gasteiger partial charge in [-0.25, -0.2) is 0 Å². The molecule has 20 heavy (non-hydrogen) atoms. The van der Waals surface area contributed by atoms with Crippen LogP contribution < -0.4 is 5.32 Å². The molecule has 3 nitrogen and oxygen atoms in total. The number of fused-ring (bicyclic) bond motifs is 1. The van der Waals surface area contributed by atoms with Crippen LogP contribution in [0.15, 0.2) is 36.7 Å². The van der Waals surface area contributed by atoms with Crippen LogP contribution in [0.5, 0.6) is 0 Å². The summed E-state index contributed by atoms with van der Waals surface area (Å²) in [6.45, 7) is 5.25. The minimum absolute atomic E-state index is 0.0126. The van der Waals surface area contributed by atoms with Crippen LogP contribution in [0, 0.1) is 0 Å². The Morgan fingerprint density at radius 3 is 3.15 bits per heavy atom. The van der Waals surface area contributed by atoms with E-state index in [0.717, 1.165) is 25.9 Å². The maximum Gasteiger partial charge on any atom is 0.0671 e. The fourth-order valence-corrected chi connectivity index (χ4v) is 2.96. The van der Waals surface area contributed by atoms with Gasteiger partial charge in [-0.1, -0.05) is 19.1 Å². The highest BCUT2D eigenvalue weighted by Gasteiger charge is 2.31. The summed E-state index contributed by atoms with van der Waals surface area (Å²) < 4.78 is 5.92. The molecule has 1 fully saturated rings. The molecule has 0 radical (unpaired) electrons. The van der Waals surface area contributed by atoms with Gasteiger partial charge in [-0.05, 0) is 43.7 Å². The monoisotopic (exact) mass is 270 g/mol. The molecule has 0 amide bonds. The van der Waals surface area contributed by atoms with Crippen molar-refractivity contribution < 1.29 is 4.74 Å². The first-order valence-corrected chi connectivity index (χ1v) is 7.43. The van der Waals surface area contributed by atoms with E-state index < -0.39 is 0 Å². The van der Waals surface area contributed by atoms with Crippen molar-refractivity contribution in [2.75, 3.05) is 11.9 Å². The standard InChI is InChI=1S/C17H22N2O/c1-3-17(2)11-14(8-10-20-17)19-16-6-4-5-13-7-9-18-12-15(13)16/h4-7,9,12,14,19H,3,8,10-11H2,1-2H3. The van der Waals surface area contributed by atoms with E-state index in [1.165, 1.54) is 16.5 Å². The third-order valence-electron chi connectivity index (χ3n) is 4.39. The Balaban J connectivity index is 1.83. The third-order valence-corrected chi connectivity index (χ3v) is 4.39. The lowest BCUT2D eigenvalue weighted by atomic mass is 9.89. The number of pyridine rings is 1. The summed E-state index contributed by atoms with van der Waals surface area (Å²) >= 11 is 0. The Kier molecular flexibility index (Phi) is 3.62. The molecular weight excluding hydrogens is 248 g/mol. The van der Waals surface area contributed by atoms with Crippen LogP contribution >= 0.6 is 0 Å². The van der Waals surface area contributed by atoms with Gasteiger partial charge in [0.2, 0.25) is 0 Å². The molecule has 1 saturated heterocycles. The van der Waals surface area contributed by atoms with E-state index in [1.807, 2.05) is 12.4 Å². The van der Waals surface area contributed by atoms with Crippen molar-refractivity contribution in [3.05, 3.63) is 36.7 Å². The molecule has 1 aromatic carbocycles. The highest BCUT2D eigenvalue weighted by molar-refractivity contribution is 5.93. The summed E-state index contributed by atoms with van der Waals surface area (Å²) in [5.41, 5.74) is 1.19. The maximum absolute atomic E-state index is 5.92. The molecule has 0 aliphatic carbocycles. The zero-order valence-corrected chi connectivity index (χ0v) is 12.2. The number of hydrogen-bond acceptors (Lipinski definition) is 3. The molecule has 0 saturated carbocycles. The predicted octanol–water partition coefficient (Wildman–Crippen LogP) is 3.99. The van der Waals surface area contributed by atoms with Crippen LogP contribution in [0.2, 0.25) is 0 Å². The number of anilines is 1. The first-order valence-electron chi connectivity index (χ1n) is 7.43. The number of rotatable bonds is 3. The summed E-state index contributed by atoms with van der Waals surface area (Å²) in [5, 5.41) is 6.12. The summed E-state index contributed by atoms with van der Waals surface area (Å²) in [7, 11) is 0. The van der Waals surface area contributed by atoms with Crippen LogP contribution in [0.1, 0.15) is 33.1 Å². The second-order valence-electron chi connectivity index (χ2n) is 5.89. The molecule has 2 unspecified atom stereocenters. The fourth-order valence-electron chi connectivity index (χ4n) is 2.96. The van der Waals surface area contributed by atoms with Crippen molar-refractivity contribution in [2.24, 2.45) is 0 Å². The molecule has 3 heteroatoms. The van der Waals surface area contributed by atoms with Crippen molar-refractivity contribution in [3.8, 4) is 0 Å². The Bertz CT molecular complexity index is 593. The molecule has 2 atom stereocenters. The second kappa shape index (κ2) is 5.41. The highest BCUT2D eigenvalue weighted by Crippen LogP contribution is 2.31.